The second-order valence-electron chi connectivity index (χ2n) is 19.5. The van der Waals surface area contributed by atoms with Gasteiger partial charge in [0.05, 0.1) is 0 Å². The van der Waals surface area contributed by atoms with Crippen molar-refractivity contribution in [3.8, 4) is 0 Å². The lowest BCUT2D eigenvalue weighted by atomic mass is 10.1. The van der Waals surface area contributed by atoms with Crippen molar-refractivity contribution in [2.45, 2.75) is 284 Å². The number of esters is 3. The molecule has 1 atom stereocenters. The van der Waals surface area contributed by atoms with E-state index in [4.69, 9.17) is 14.2 Å². The first kappa shape index (κ1) is 67.3. The molecular formula is C65H110O6. The molecule has 0 radical (unpaired) electrons. The first-order valence-corrected chi connectivity index (χ1v) is 29.7. The molecule has 6 nitrogen and oxygen atoms in total. The molecule has 1 unspecified atom stereocenters. The Morgan fingerprint density at radius 1 is 0.296 bits per heavy atom. The molecule has 0 aliphatic carbocycles. The van der Waals surface area contributed by atoms with E-state index in [2.05, 4.69) is 118 Å². The molecular weight excluding hydrogens is 877 g/mol. The van der Waals surface area contributed by atoms with Gasteiger partial charge in [-0.15, -0.1) is 0 Å². The molecule has 0 aromatic heterocycles. The van der Waals surface area contributed by atoms with E-state index in [1.807, 2.05) is 0 Å². The van der Waals surface area contributed by atoms with E-state index >= 15 is 0 Å². The molecule has 0 saturated heterocycles. The molecule has 406 valence electrons. The third-order valence-electron chi connectivity index (χ3n) is 12.5. The highest BCUT2D eigenvalue weighted by Crippen LogP contribution is 2.15. The van der Waals surface area contributed by atoms with Crippen molar-refractivity contribution in [2.75, 3.05) is 13.2 Å². The van der Waals surface area contributed by atoms with Crippen LogP contribution in [-0.2, 0) is 28.6 Å². The Morgan fingerprint density at radius 2 is 0.563 bits per heavy atom. The van der Waals surface area contributed by atoms with Gasteiger partial charge < -0.3 is 14.2 Å². The zero-order valence-corrected chi connectivity index (χ0v) is 46.5. The van der Waals surface area contributed by atoms with Gasteiger partial charge in [-0.2, -0.15) is 0 Å². The smallest absolute Gasteiger partial charge is 0.306 e. The van der Waals surface area contributed by atoms with Crippen LogP contribution in [0.1, 0.15) is 278 Å². The molecule has 0 aromatic rings. The molecule has 0 rings (SSSR count). The minimum Gasteiger partial charge on any atom is -0.462 e. The molecule has 0 aliphatic rings. The molecule has 0 fully saturated rings. The van der Waals surface area contributed by atoms with Crippen LogP contribution in [0.25, 0.3) is 0 Å². The number of rotatable bonds is 53. The summed E-state index contributed by atoms with van der Waals surface area (Å²) in [7, 11) is 0. The van der Waals surface area contributed by atoms with E-state index in [-0.39, 0.29) is 37.5 Å². The topological polar surface area (TPSA) is 78.9 Å². The van der Waals surface area contributed by atoms with Gasteiger partial charge in [-0.05, 0) is 116 Å². The van der Waals surface area contributed by atoms with Crippen LogP contribution >= 0.6 is 0 Å². The van der Waals surface area contributed by atoms with E-state index in [1.54, 1.807) is 0 Å². The van der Waals surface area contributed by atoms with Crippen LogP contribution in [-0.4, -0.2) is 37.2 Å². The molecule has 0 bridgehead atoms. The van der Waals surface area contributed by atoms with Crippen molar-refractivity contribution in [3.63, 3.8) is 0 Å². The number of hydrogen-bond acceptors (Lipinski definition) is 6. The molecule has 0 saturated carbocycles. The van der Waals surface area contributed by atoms with Gasteiger partial charge in [-0.25, -0.2) is 0 Å². The van der Waals surface area contributed by atoms with Crippen molar-refractivity contribution < 1.29 is 28.6 Å². The minimum absolute atomic E-state index is 0.105. The summed E-state index contributed by atoms with van der Waals surface area (Å²) >= 11 is 0. The van der Waals surface area contributed by atoms with Crippen molar-refractivity contribution in [3.05, 3.63) is 97.2 Å². The Hall–Kier alpha value is -3.67. The van der Waals surface area contributed by atoms with Crippen LogP contribution in [0.15, 0.2) is 97.2 Å². The standard InChI is InChI=1S/C65H110O6/c1-4-7-10-13-16-19-22-25-28-31-32-35-37-40-43-46-49-52-55-58-64(67)70-61-62(71-65(68)59-56-53-50-47-44-41-38-34-30-27-24-21-18-15-12-9-6-3)60-69-63(66)57-54-51-48-45-42-39-36-33-29-26-23-20-17-14-11-8-5-2/h9,12,17-18,20-21,26-27,29-32,38,41,47,50,62H,4-8,10-11,13-16,19,22-25,28,33-37,39-40,42-46,48-49,51-61H2,1-3H3/b12-9-,20-17-,21-18-,29-26-,30-27-,32-31-,41-38-,50-47-. The fourth-order valence-electron chi connectivity index (χ4n) is 8.09. The predicted octanol–water partition coefficient (Wildman–Crippen LogP) is 20.1. The Balaban J connectivity index is 4.48. The van der Waals surface area contributed by atoms with Crippen molar-refractivity contribution >= 4 is 17.9 Å². The van der Waals surface area contributed by atoms with Gasteiger partial charge in [0.25, 0.3) is 0 Å². The van der Waals surface area contributed by atoms with Crippen molar-refractivity contribution in [2.24, 2.45) is 0 Å². The Morgan fingerprint density at radius 3 is 0.944 bits per heavy atom. The number of unbranched alkanes of at least 4 members (excludes halogenated alkanes) is 26. The van der Waals surface area contributed by atoms with Crippen LogP contribution in [0.3, 0.4) is 0 Å². The summed E-state index contributed by atoms with van der Waals surface area (Å²) in [6.07, 6.45) is 78.3. The van der Waals surface area contributed by atoms with Gasteiger partial charge in [-0.3, -0.25) is 14.4 Å². The van der Waals surface area contributed by atoms with Crippen molar-refractivity contribution in [1.82, 2.24) is 0 Å². The lowest BCUT2D eigenvalue weighted by molar-refractivity contribution is -0.167. The van der Waals surface area contributed by atoms with Crippen LogP contribution < -0.4 is 0 Å². The minimum atomic E-state index is -0.814. The Kier molecular flexibility index (Phi) is 55.9. The maximum absolute atomic E-state index is 12.8. The van der Waals surface area contributed by atoms with Gasteiger partial charge in [0.15, 0.2) is 6.10 Å². The Labute approximate surface area is 438 Å². The first-order chi connectivity index (χ1) is 35.0. The molecule has 0 spiro atoms. The van der Waals surface area contributed by atoms with Crippen LogP contribution in [0.2, 0.25) is 0 Å². The molecule has 6 heteroatoms. The quantitative estimate of drug-likeness (QED) is 0.0261. The monoisotopic (exact) mass is 987 g/mol. The maximum Gasteiger partial charge on any atom is 0.306 e. The molecule has 0 amide bonds. The highest BCUT2D eigenvalue weighted by molar-refractivity contribution is 5.71. The highest BCUT2D eigenvalue weighted by atomic mass is 16.6. The third kappa shape index (κ3) is 57.1. The lowest BCUT2D eigenvalue weighted by Gasteiger charge is -2.18. The van der Waals surface area contributed by atoms with Gasteiger partial charge in [0.1, 0.15) is 13.2 Å². The lowest BCUT2D eigenvalue weighted by Crippen LogP contribution is -2.30. The highest BCUT2D eigenvalue weighted by Gasteiger charge is 2.19. The zero-order valence-electron chi connectivity index (χ0n) is 46.5. The van der Waals surface area contributed by atoms with Gasteiger partial charge in [-0.1, -0.05) is 240 Å². The summed E-state index contributed by atoms with van der Waals surface area (Å²) in [5.41, 5.74) is 0. The average Bonchev–Trinajstić information content (AvgIpc) is 3.37. The van der Waals surface area contributed by atoms with Gasteiger partial charge in [0.2, 0.25) is 0 Å². The summed E-state index contributed by atoms with van der Waals surface area (Å²) in [6, 6.07) is 0. The van der Waals surface area contributed by atoms with E-state index in [0.717, 1.165) is 89.9 Å². The van der Waals surface area contributed by atoms with E-state index in [9.17, 15) is 14.4 Å². The number of allylic oxidation sites excluding steroid dienone is 16. The number of ether oxygens (including phenoxy) is 3. The van der Waals surface area contributed by atoms with Gasteiger partial charge >= 0.3 is 17.9 Å². The van der Waals surface area contributed by atoms with Crippen LogP contribution in [0.5, 0.6) is 0 Å². The fourth-order valence-corrected chi connectivity index (χ4v) is 8.09. The predicted molar refractivity (Wildman–Crippen MR) is 307 cm³/mol. The third-order valence-corrected chi connectivity index (χ3v) is 12.5. The second-order valence-corrected chi connectivity index (χ2v) is 19.5. The van der Waals surface area contributed by atoms with E-state index < -0.39 is 6.10 Å². The first-order valence-electron chi connectivity index (χ1n) is 29.7. The van der Waals surface area contributed by atoms with Gasteiger partial charge in [0, 0.05) is 19.3 Å². The SMILES string of the molecule is CC/C=C\C/C=C\C/C=C\C/C=C\C/C=C\CCCC(=O)OC(COC(=O)CCCCCCCCC/C=C\C/C=C\CCCCC)COC(=O)CCCCCCCCC/C=C\CCCCCCCCCC. The average molecular weight is 988 g/mol. The van der Waals surface area contributed by atoms with Crippen LogP contribution in [0, 0.1) is 0 Å². The summed E-state index contributed by atoms with van der Waals surface area (Å²) in [5, 5.41) is 0. The van der Waals surface area contributed by atoms with E-state index in [0.29, 0.717) is 19.3 Å². The number of hydrogen-bond donors (Lipinski definition) is 0. The summed E-state index contributed by atoms with van der Waals surface area (Å²) in [6.45, 7) is 6.46. The Bertz CT molecular complexity index is 1410. The summed E-state index contributed by atoms with van der Waals surface area (Å²) in [5.74, 6) is -0.971. The summed E-state index contributed by atoms with van der Waals surface area (Å²) < 4.78 is 16.8. The zero-order chi connectivity index (χ0) is 51.4. The largest absolute Gasteiger partial charge is 0.462 e. The number of carbonyl (C=O) groups excluding carboxylic acids is 3. The molecule has 0 heterocycles. The molecule has 0 N–H and O–H groups in total. The normalized spacial score (nSPS) is 12.8. The molecule has 71 heavy (non-hydrogen) atoms. The van der Waals surface area contributed by atoms with Crippen LogP contribution in [0.4, 0.5) is 0 Å². The number of carbonyl (C=O) groups is 3. The maximum atomic E-state index is 12.8. The molecule has 0 aliphatic heterocycles. The second kappa shape index (κ2) is 58.9. The van der Waals surface area contributed by atoms with E-state index in [1.165, 1.54) is 141 Å². The fraction of sp³-hybridized carbons (Fsp3) is 0.708. The molecule has 0 aromatic carbocycles. The summed E-state index contributed by atoms with van der Waals surface area (Å²) in [4.78, 5) is 38.2. The van der Waals surface area contributed by atoms with Crippen molar-refractivity contribution in [1.29, 1.82) is 0 Å².